The van der Waals surface area contributed by atoms with Crippen LogP contribution in [0.5, 0.6) is 11.5 Å². The molecule has 0 aliphatic heterocycles. The third-order valence-corrected chi connectivity index (χ3v) is 8.90. The van der Waals surface area contributed by atoms with Crippen molar-refractivity contribution in [1.29, 1.82) is 0 Å². The standard InChI is InChI=1S/C20H14Br2F2O.C20H16F2O.CH3F.BHNS/c1-11-3-4-12(21)9-15(11)14-6-7-17(23)19(20(14)24)16-10-13(22)5-8-18(16)25-2;1-13-7-3-4-8-14(13)15-11-12-17(21)19(20(15)22)16-9-5-6-10-18(16)23-2;1-2;1-2-3/h3-10H,1-2H3;3-12H,1-2H3;1H3;3H/i;;1D;. The Morgan fingerprint density at radius 2 is 1.00 bits per heavy atom. The van der Waals surface area contributed by atoms with Gasteiger partial charge in [-0.3, -0.25) is 4.39 Å². The molecule has 12 heteroatoms. The second-order valence-corrected chi connectivity index (χ2v) is 13.1. The molecular weight excluding hydrogens is 836 g/mol. The molecule has 0 fully saturated rings. The second-order valence-electron chi connectivity index (χ2n) is 11.0. The minimum atomic E-state index is -1.00. The molecule has 3 nitrogen and oxygen atoms in total. The van der Waals surface area contributed by atoms with Crippen LogP contribution in [-0.2, 0) is 0 Å². The molecule has 0 saturated carbocycles. The van der Waals surface area contributed by atoms with Crippen LogP contribution < -0.4 is 9.47 Å². The molecule has 1 radical (unpaired) electrons. The number of benzene rings is 6. The molecule has 0 saturated heterocycles. The van der Waals surface area contributed by atoms with Gasteiger partial charge in [0.2, 0.25) is 0 Å². The van der Waals surface area contributed by atoms with Crippen LogP contribution in [0.3, 0.4) is 0 Å². The Labute approximate surface area is 331 Å². The molecule has 0 atom stereocenters. The number of ether oxygens (including phenoxy) is 2. The van der Waals surface area contributed by atoms with Crippen LogP contribution in [0.1, 0.15) is 12.5 Å². The van der Waals surface area contributed by atoms with Gasteiger partial charge in [0.15, 0.2) is 0 Å². The van der Waals surface area contributed by atoms with Crippen molar-refractivity contribution < 1.29 is 32.8 Å². The summed E-state index contributed by atoms with van der Waals surface area (Å²) in [6.45, 7) is 3.80. The van der Waals surface area contributed by atoms with E-state index >= 15 is 8.78 Å². The molecule has 0 N–H and O–H groups in total. The van der Waals surface area contributed by atoms with Gasteiger partial charge in [0, 0.05) is 31.2 Å². The number of rotatable bonds is 6. The first kappa shape index (κ1) is 41.5. The number of nitrogens with zero attached hydrogens (tertiary/aromatic N) is 1. The number of thiol groups is 1. The van der Waals surface area contributed by atoms with Crippen LogP contribution in [-0.4, -0.2) is 29.0 Å². The van der Waals surface area contributed by atoms with Gasteiger partial charge < -0.3 is 9.47 Å². The molecule has 273 valence electrons. The number of alkyl halides is 1. The molecule has 0 heterocycles. The van der Waals surface area contributed by atoms with E-state index in [0.717, 1.165) is 21.2 Å². The average molecular weight is 871 g/mol. The third kappa shape index (κ3) is 10.5. The van der Waals surface area contributed by atoms with Gasteiger partial charge in [-0.15, -0.1) is 0 Å². The Balaban J connectivity index is 0.000000254. The molecule has 6 aromatic carbocycles. The van der Waals surface area contributed by atoms with Crippen LogP contribution in [0.2, 0.25) is 0 Å². The maximum atomic E-state index is 15.3. The fourth-order valence-electron chi connectivity index (χ4n) is 5.50. The molecule has 0 spiro atoms. The third-order valence-electron chi connectivity index (χ3n) is 7.91. The fraction of sp³-hybridized carbons (Fsp3) is 0.122. The molecule has 0 aromatic heterocycles. The molecule has 0 aliphatic carbocycles. The van der Waals surface area contributed by atoms with Gasteiger partial charge in [-0.2, -0.15) is 0 Å². The van der Waals surface area contributed by atoms with E-state index in [1.54, 1.807) is 42.5 Å². The minimum absolute atomic E-state index is 0.0665. The summed E-state index contributed by atoms with van der Waals surface area (Å²) in [6.07, 6.45) is 0. The van der Waals surface area contributed by atoms with Crippen molar-refractivity contribution in [2.45, 2.75) is 13.8 Å². The molecule has 0 bridgehead atoms. The van der Waals surface area contributed by atoms with E-state index in [4.69, 9.17) is 10.8 Å². The summed E-state index contributed by atoms with van der Waals surface area (Å²) in [5, 5.41) is 0. The Bertz CT molecular complexity index is 2210. The molecule has 0 aliphatic rings. The zero-order valence-corrected chi connectivity index (χ0v) is 33.1. The fourth-order valence-corrected chi connectivity index (χ4v) is 6.22. The molecule has 53 heavy (non-hydrogen) atoms. The van der Waals surface area contributed by atoms with Crippen LogP contribution in [0.4, 0.5) is 22.0 Å². The summed E-state index contributed by atoms with van der Waals surface area (Å²) in [4.78, 5) is 0. The van der Waals surface area contributed by atoms with E-state index in [1.807, 2.05) is 56.3 Å². The first-order chi connectivity index (χ1) is 25.9. The monoisotopic (exact) mass is 869 g/mol. The predicted octanol–water partition coefficient (Wildman–Crippen LogP) is 13.5. The number of halogens is 7. The first-order valence-corrected chi connectivity index (χ1v) is 17.5. The van der Waals surface area contributed by atoms with E-state index < -0.39 is 30.4 Å². The zero-order valence-electron chi connectivity index (χ0n) is 30.0. The van der Waals surface area contributed by atoms with Crippen molar-refractivity contribution in [2.24, 2.45) is 4.30 Å². The van der Waals surface area contributed by atoms with E-state index in [2.05, 4.69) is 56.6 Å². The van der Waals surface area contributed by atoms with Crippen molar-refractivity contribution in [3.05, 3.63) is 153 Å². The molecule has 0 amide bonds. The number of hydrogen-bond acceptors (Lipinski definition) is 4. The number of hydrogen-bond donors (Lipinski definition) is 1. The summed E-state index contributed by atoms with van der Waals surface area (Å²) in [5.74, 6) is -1.59. The number of aryl methyl sites for hydroxylation is 2. The molecule has 6 rings (SSSR count). The topological polar surface area (TPSA) is 30.8 Å². The Hall–Kier alpha value is -4.26. The van der Waals surface area contributed by atoms with Crippen molar-refractivity contribution in [2.75, 3.05) is 21.4 Å². The van der Waals surface area contributed by atoms with E-state index in [0.29, 0.717) is 43.8 Å². The van der Waals surface area contributed by atoms with E-state index in [1.165, 1.54) is 38.5 Å². The van der Waals surface area contributed by atoms with Crippen LogP contribution in [0.25, 0.3) is 44.5 Å². The van der Waals surface area contributed by atoms with E-state index in [-0.39, 0.29) is 11.1 Å². The maximum absolute atomic E-state index is 15.3. The van der Waals surface area contributed by atoms with Crippen molar-refractivity contribution in [1.82, 2.24) is 0 Å². The van der Waals surface area contributed by atoms with Gasteiger partial charge in [0.1, 0.15) is 34.8 Å². The Kier molecular flexibility index (Phi) is 16.3. The first-order valence-electron chi connectivity index (χ1n) is 16.2. The summed E-state index contributed by atoms with van der Waals surface area (Å²) < 4.78 is 89.6. The molecule has 0 unspecified atom stereocenters. The average Bonchev–Trinajstić information content (AvgIpc) is 3.15. The second kappa shape index (κ2) is 20.8. The van der Waals surface area contributed by atoms with Gasteiger partial charge in [-0.25, -0.2) is 17.6 Å². The van der Waals surface area contributed by atoms with Crippen LogP contribution in [0.15, 0.2) is 122 Å². The Morgan fingerprint density at radius 1 is 0.585 bits per heavy atom. The zero-order chi connectivity index (χ0) is 39.9. The van der Waals surface area contributed by atoms with Crippen LogP contribution >= 0.6 is 44.7 Å². The van der Waals surface area contributed by atoms with Gasteiger partial charge in [0.05, 0.1) is 33.9 Å². The van der Waals surface area contributed by atoms with Crippen LogP contribution in [0, 0.1) is 37.1 Å². The van der Waals surface area contributed by atoms with Gasteiger partial charge >= 0.3 is 24.8 Å². The summed E-state index contributed by atoms with van der Waals surface area (Å²) >= 11 is 9.95. The quantitative estimate of drug-likeness (QED) is 0.103. The summed E-state index contributed by atoms with van der Waals surface area (Å²) in [5.41, 5.74) is 4.62. The molecular formula is C41H34BBr2F5NO2S. The van der Waals surface area contributed by atoms with Crippen molar-refractivity contribution >= 4 is 52.3 Å². The predicted molar refractivity (Wildman–Crippen MR) is 217 cm³/mol. The van der Waals surface area contributed by atoms with Gasteiger partial charge in [-0.1, -0.05) is 80.4 Å². The van der Waals surface area contributed by atoms with Gasteiger partial charge in [0.25, 0.3) is 0 Å². The van der Waals surface area contributed by atoms with Gasteiger partial charge in [-0.05, 0) is 96.8 Å². The normalized spacial score (nSPS) is 10.3. The number of methoxy groups -OCH3 is 2. The van der Waals surface area contributed by atoms with Crippen molar-refractivity contribution in [3.63, 3.8) is 0 Å². The SMILES string of the molecule is COc1ccc(Br)cc1-c1c(F)ccc(-c2cc(Br)ccc2C)c1F.COc1ccccc1-c1c(F)ccc(-c2ccccc2C)c1F.[2H]CF.[B]=NS. The summed E-state index contributed by atoms with van der Waals surface area (Å²) in [7, 11) is 6.30. The summed E-state index contributed by atoms with van der Waals surface area (Å²) in [6, 6.07) is 30.5. The van der Waals surface area contributed by atoms with Crippen molar-refractivity contribution in [3.8, 4) is 56.0 Å². The van der Waals surface area contributed by atoms with E-state index in [9.17, 15) is 13.2 Å². The Morgan fingerprint density at radius 3 is 1.55 bits per heavy atom. The molecule has 6 aromatic rings. The number of para-hydroxylation sites is 1.